The van der Waals surface area contributed by atoms with E-state index in [4.69, 9.17) is 0 Å². The van der Waals surface area contributed by atoms with Crippen molar-refractivity contribution in [1.29, 1.82) is 0 Å². The van der Waals surface area contributed by atoms with Crippen molar-refractivity contribution < 1.29 is 4.79 Å². The topological polar surface area (TPSA) is 17.1 Å². The van der Waals surface area contributed by atoms with Crippen LogP contribution < -0.4 is 0 Å². The average Bonchev–Trinajstić information content (AvgIpc) is 2.82. The van der Waals surface area contributed by atoms with Crippen molar-refractivity contribution in [2.45, 2.75) is 12.8 Å². The lowest BCUT2D eigenvalue weighted by Gasteiger charge is -2.11. The van der Waals surface area contributed by atoms with Gasteiger partial charge in [0.1, 0.15) is 0 Å². The lowest BCUT2D eigenvalue weighted by atomic mass is 9.92. The van der Waals surface area contributed by atoms with Crippen LogP contribution in [-0.2, 0) is 4.79 Å². The smallest absolute Gasteiger partial charge is 0.185 e. The molecule has 0 bridgehead atoms. The first-order valence-electron chi connectivity index (χ1n) is 6.84. The van der Waals surface area contributed by atoms with Gasteiger partial charge in [-0.25, -0.2) is 0 Å². The van der Waals surface area contributed by atoms with E-state index < -0.39 is 0 Å². The van der Waals surface area contributed by atoms with Crippen LogP contribution in [0.2, 0.25) is 0 Å². The van der Waals surface area contributed by atoms with E-state index in [-0.39, 0.29) is 5.78 Å². The third-order valence-electron chi connectivity index (χ3n) is 3.70. The maximum absolute atomic E-state index is 12.3. The third kappa shape index (κ3) is 2.23. The first-order valence-corrected chi connectivity index (χ1v) is 6.84. The molecule has 1 nitrogen and oxygen atoms in total. The zero-order chi connectivity index (χ0) is 13.9. The summed E-state index contributed by atoms with van der Waals surface area (Å²) in [5.41, 5.74) is 4.86. The number of rotatable bonds is 2. The second-order valence-electron chi connectivity index (χ2n) is 5.02. The lowest BCUT2D eigenvalue weighted by Crippen LogP contribution is -2.00. The molecule has 0 aromatic heterocycles. The van der Waals surface area contributed by atoms with E-state index in [9.17, 15) is 4.79 Å². The van der Waals surface area contributed by atoms with Crippen LogP contribution in [0.5, 0.6) is 0 Å². The minimum atomic E-state index is 0.118. The van der Waals surface area contributed by atoms with Crippen LogP contribution in [0.15, 0.2) is 78.4 Å². The first kappa shape index (κ1) is 12.6. The molecule has 0 saturated heterocycles. The van der Waals surface area contributed by atoms with Crippen molar-refractivity contribution in [2.75, 3.05) is 0 Å². The molecule has 3 rings (SSSR count). The molecule has 2 aromatic carbocycles. The highest BCUT2D eigenvalue weighted by Gasteiger charge is 2.25. The quantitative estimate of drug-likeness (QED) is 0.731. The SMILES string of the molecule is C=C1CCC(=C(c2ccccc2)c2ccccc2)C1=O. The number of allylic oxidation sites excluding steroid dienone is 2. The monoisotopic (exact) mass is 260 g/mol. The maximum atomic E-state index is 12.3. The molecule has 0 heterocycles. The van der Waals surface area contributed by atoms with Gasteiger partial charge in [0, 0.05) is 5.57 Å². The molecule has 0 amide bonds. The summed E-state index contributed by atoms with van der Waals surface area (Å²) in [5.74, 6) is 0.118. The Morgan fingerprint density at radius 3 is 1.70 bits per heavy atom. The van der Waals surface area contributed by atoms with Crippen LogP contribution in [0.1, 0.15) is 24.0 Å². The molecule has 0 atom stereocenters. The van der Waals surface area contributed by atoms with E-state index >= 15 is 0 Å². The standard InChI is InChI=1S/C19H16O/c1-14-12-13-17(19(14)20)18(15-8-4-2-5-9-15)16-10-6-3-7-11-16/h2-11H,1,12-13H2. The van der Waals surface area contributed by atoms with Crippen molar-refractivity contribution >= 4 is 11.4 Å². The molecule has 0 N–H and O–H groups in total. The summed E-state index contributed by atoms with van der Waals surface area (Å²) in [7, 11) is 0. The first-order chi connectivity index (χ1) is 9.77. The van der Waals surface area contributed by atoms with Crippen LogP contribution in [-0.4, -0.2) is 5.78 Å². The number of carbonyl (C=O) groups is 1. The molecule has 1 heteroatoms. The minimum absolute atomic E-state index is 0.118. The number of hydrogen-bond donors (Lipinski definition) is 0. The molecule has 0 aliphatic heterocycles. The lowest BCUT2D eigenvalue weighted by molar-refractivity contribution is -0.111. The molecule has 0 spiro atoms. The van der Waals surface area contributed by atoms with Gasteiger partial charge in [-0.3, -0.25) is 4.79 Å². The van der Waals surface area contributed by atoms with E-state index in [1.807, 2.05) is 36.4 Å². The predicted octanol–water partition coefficient (Wildman–Crippen LogP) is 4.41. The van der Waals surface area contributed by atoms with Gasteiger partial charge in [0.2, 0.25) is 0 Å². The maximum Gasteiger partial charge on any atom is 0.185 e. The van der Waals surface area contributed by atoms with E-state index in [0.29, 0.717) is 0 Å². The van der Waals surface area contributed by atoms with E-state index in [1.54, 1.807) is 0 Å². The van der Waals surface area contributed by atoms with E-state index in [1.165, 1.54) is 0 Å². The minimum Gasteiger partial charge on any atom is -0.289 e. The van der Waals surface area contributed by atoms with Gasteiger partial charge < -0.3 is 0 Å². The zero-order valence-electron chi connectivity index (χ0n) is 11.3. The second-order valence-corrected chi connectivity index (χ2v) is 5.02. The molecule has 1 aliphatic rings. The highest BCUT2D eigenvalue weighted by molar-refractivity contribution is 6.16. The fraction of sp³-hybridized carbons (Fsp3) is 0.105. The Morgan fingerprint density at radius 1 is 0.800 bits per heavy atom. The Morgan fingerprint density at radius 2 is 1.30 bits per heavy atom. The van der Waals surface area contributed by atoms with E-state index in [0.717, 1.165) is 40.7 Å². The Hall–Kier alpha value is -2.41. The Labute approximate surface area is 119 Å². The summed E-state index contributed by atoms with van der Waals surface area (Å²) >= 11 is 0. The van der Waals surface area contributed by atoms with Crippen molar-refractivity contribution in [3.63, 3.8) is 0 Å². The van der Waals surface area contributed by atoms with Crippen molar-refractivity contribution in [2.24, 2.45) is 0 Å². The number of hydrogen-bond acceptors (Lipinski definition) is 1. The van der Waals surface area contributed by atoms with Gasteiger partial charge in [-0.15, -0.1) is 0 Å². The van der Waals surface area contributed by atoms with Gasteiger partial charge in [0.05, 0.1) is 0 Å². The number of Topliss-reactive ketones (excluding diaryl/α,β-unsaturated/α-hetero) is 1. The summed E-state index contributed by atoms with van der Waals surface area (Å²) in [6.07, 6.45) is 1.56. The van der Waals surface area contributed by atoms with Crippen LogP contribution in [0.4, 0.5) is 0 Å². The normalized spacial score (nSPS) is 14.7. The highest BCUT2D eigenvalue weighted by atomic mass is 16.1. The molecule has 0 unspecified atom stereocenters. The summed E-state index contributed by atoms with van der Waals surface area (Å²) in [6.45, 7) is 3.87. The number of carbonyl (C=O) groups excluding carboxylic acids is 1. The summed E-state index contributed by atoms with van der Waals surface area (Å²) in [6, 6.07) is 20.2. The van der Waals surface area contributed by atoms with Gasteiger partial charge >= 0.3 is 0 Å². The van der Waals surface area contributed by atoms with Gasteiger partial charge in [-0.1, -0.05) is 67.2 Å². The molecular weight excluding hydrogens is 244 g/mol. The third-order valence-corrected chi connectivity index (χ3v) is 3.70. The molecule has 98 valence electrons. The van der Waals surface area contributed by atoms with Gasteiger partial charge in [0.25, 0.3) is 0 Å². The molecule has 2 aromatic rings. The molecule has 1 aliphatic carbocycles. The van der Waals surface area contributed by atoms with Gasteiger partial charge in [0.15, 0.2) is 5.78 Å². The Balaban J connectivity index is 2.23. The summed E-state index contributed by atoms with van der Waals surface area (Å²) in [4.78, 5) is 12.3. The molecule has 1 saturated carbocycles. The van der Waals surface area contributed by atoms with Gasteiger partial charge in [-0.2, -0.15) is 0 Å². The number of benzene rings is 2. The van der Waals surface area contributed by atoms with Crippen molar-refractivity contribution in [3.8, 4) is 0 Å². The van der Waals surface area contributed by atoms with Crippen molar-refractivity contribution in [3.05, 3.63) is 89.5 Å². The molecule has 1 fully saturated rings. The van der Waals surface area contributed by atoms with Crippen LogP contribution in [0.25, 0.3) is 5.57 Å². The summed E-state index contributed by atoms with van der Waals surface area (Å²) < 4.78 is 0. The Kier molecular flexibility index (Phi) is 3.34. The van der Waals surface area contributed by atoms with Gasteiger partial charge in [-0.05, 0) is 35.1 Å². The second kappa shape index (κ2) is 5.30. The van der Waals surface area contributed by atoms with Crippen LogP contribution in [0.3, 0.4) is 0 Å². The molecular formula is C19H16O. The fourth-order valence-corrected chi connectivity index (χ4v) is 2.68. The largest absolute Gasteiger partial charge is 0.289 e. The Bertz CT molecular complexity index is 637. The van der Waals surface area contributed by atoms with E-state index in [2.05, 4.69) is 30.8 Å². The molecule has 20 heavy (non-hydrogen) atoms. The highest BCUT2D eigenvalue weighted by Crippen LogP contribution is 2.35. The average molecular weight is 260 g/mol. The van der Waals surface area contributed by atoms with Crippen molar-refractivity contribution in [1.82, 2.24) is 0 Å². The summed E-state index contributed by atoms with van der Waals surface area (Å²) in [5, 5.41) is 0. The zero-order valence-corrected chi connectivity index (χ0v) is 11.3. The predicted molar refractivity (Wildman–Crippen MR) is 82.3 cm³/mol. The fourth-order valence-electron chi connectivity index (χ4n) is 2.68. The number of ketones is 1. The molecule has 0 radical (unpaired) electrons. The van der Waals surface area contributed by atoms with Crippen LogP contribution in [0, 0.1) is 0 Å². The van der Waals surface area contributed by atoms with Crippen LogP contribution >= 0.6 is 0 Å².